The van der Waals surface area contributed by atoms with Crippen molar-refractivity contribution in [1.29, 1.82) is 0 Å². The fraction of sp³-hybridized carbons (Fsp3) is 0.263. The highest BCUT2D eigenvalue weighted by Crippen LogP contribution is 2.17. The van der Waals surface area contributed by atoms with Crippen molar-refractivity contribution in [3.8, 4) is 0 Å². The van der Waals surface area contributed by atoms with Gasteiger partial charge in [0.05, 0.1) is 5.39 Å². The van der Waals surface area contributed by atoms with E-state index in [0.29, 0.717) is 11.9 Å². The minimum Gasteiger partial charge on any atom is -0.350 e. The Balaban J connectivity index is 1.69. The van der Waals surface area contributed by atoms with Crippen LogP contribution in [-0.2, 0) is 14.1 Å². The van der Waals surface area contributed by atoms with Crippen LogP contribution in [0, 0.1) is 6.92 Å². The third-order valence-corrected chi connectivity index (χ3v) is 5.23. The molecule has 3 rings (SSSR count). The van der Waals surface area contributed by atoms with Crippen molar-refractivity contribution < 1.29 is 4.79 Å². The van der Waals surface area contributed by atoms with Gasteiger partial charge >= 0.3 is 5.69 Å². The Labute approximate surface area is 160 Å². The molecule has 8 heteroatoms. The van der Waals surface area contributed by atoms with Crippen molar-refractivity contribution in [1.82, 2.24) is 19.4 Å². The van der Waals surface area contributed by atoms with Crippen LogP contribution in [0.25, 0.3) is 11.0 Å². The smallest absolute Gasteiger partial charge is 0.332 e. The lowest BCUT2D eigenvalue weighted by atomic mass is 10.2. The van der Waals surface area contributed by atoms with Crippen LogP contribution in [-0.4, -0.2) is 32.3 Å². The van der Waals surface area contributed by atoms with E-state index in [1.807, 2.05) is 19.1 Å². The molecule has 0 fully saturated rings. The van der Waals surface area contributed by atoms with Crippen LogP contribution in [0.5, 0.6) is 0 Å². The van der Waals surface area contributed by atoms with Gasteiger partial charge in [-0.3, -0.25) is 18.7 Å². The molecule has 1 N–H and O–H groups in total. The molecule has 0 unspecified atom stereocenters. The molecule has 0 atom stereocenters. The van der Waals surface area contributed by atoms with Crippen molar-refractivity contribution in [3.05, 3.63) is 68.5 Å². The third kappa shape index (κ3) is 3.95. The Bertz CT molecular complexity index is 1120. The molecule has 3 aromatic rings. The van der Waals surface area contributed by atoms with Gasteiger partial charge in [-0.25, -0.2) is 9.78 Å². The Hall–Kier alpha value is -2.87. The maximum absolute atomic E-state index is 12.3. The van der Waals surface area contributed by atoms with E-state index in [1.54, 1.807) is 11.8 Å². The van der Waals surface area contributed by atoms with Crippen LogP contribution in [0.3, 0.4) is 0 Å². The number of hydrogen-bond acceptors (Lipinski definition) is 5. The number of amides is 1. The summed E-state index contributed by atoms with van der Waals surface area (Å²) in [6.45, 7) is 2.52. The molecule has 1 aromatic carbocycles. The summed E-state index contributed by atoms with van der Waals surface area (Å²) in [5.74, 6) is 0.385. The molecule has 0 saturated carbocycles. The summed E-state index contributed by atoms with van der Waals surface area (Å²) in [5, 5.41) is 3.11. The van der Waals surface area contributed by atoms with Crippen molar-refractivity contribution >= 4 is 28.7 Å². The number of carbonyl (C=O) groups excluding carboxylic acids is 1. The number of aromatic nitrogens is 3. The van der Waals surface area contributed by atoms with Gasteiger partial charge in [0.25, 0.3) is 11.5 Å². The highest BCUT2D eigenvalue weighted by Gasteiger charge is 2.13. The van der Waals surface area contributed by atoms with Crippen LogP contribution in [0.1, 0.15) is 16.1 Å². The van der Waals surface area contributed by atoms with E-state index in [1.165, 1.54) is 36.4 Å². The predicted molar refractivity (Wildman–Crippen MR) is 106 cm³/mol. The first-order valence-electron chi connectivity index (χ1n) is 8.43. The number of aryl methyl sites for hydroxylation is 2. The summed E-state index contributed by atoms with van der Waals surface area (Å²) in [4.78, 5) is 41.9. The standard InChI is InChI=1S/C19H20N4O3S/c1-12-4-6-13(7-5-12)27-11-10-20-17(24)15-9-8-14-16(21-15)22(2)19(26)23(3)18(14)25/h4-9H,10-11H2,1-3H3,(H,20,24). The first-order valence-corrected chi connectivity index (χ1v) is 9.41. The largest absolute Gasteiger partial charge is 0.350 e. The maximum atomic E-state index is 12.3. The first-order chi connectivity index (χ1) is 12.9. The third-order valence-electron chi connectivity index (χ3n) is 4.21. The number of hydrogen-bond donors (Lipinski definition) is 1. The zero-order valence-corrected chi connectivity index (χ0v) is 16.2. The number of pyridine rings is 1. The first kappa shape index (κ1) is 18.9. The number of carbonyl (C=O) groups is 1. The topological polar surface area (TPSA) is 86.0 Å². The van der Waals surface area contributed by atoms with Crippen molar-refractivity contribution in [2.24, 2.45) is 14.1 Å². The van der Waals surface area contributed by atoms with Crippen molar-refractivity contribution in [2.45, 2.75) is 11.8 Å². The zero-order valence-electron chi connectivity index (χ0n) is 15.4. The van der Waals surface area contributed by atoms with E-state index in [9.17, 15) is 14.4 Å². The lowest BCUT2D eigenvalue weighted by Gasteiger charge is -2.09. The predicted octanol–water partition coefficient (Wildman–Crippen LogP) is 1.46. The van der Waals surface area contributed by atoms with Gasteiger partial charge in [0.2, 0.25) is 0 Å². The fourth-order valence-electron chi connectivity index (χ4n) is 2.64. The van der Waals surface area contributed by atoms with Crippen LogP contribution >= 0.6 is 11.8 Å². The van der Waals surface area contributed by atoms with Gasteiger partial charge in [-0.1, -0.05) is 17.7 Å². The van der Waals surface area contributed by atoms with E-state index >= 15 is 0 Å². The van der Waals surface area contributed by atoms with Gasteiger partial charge in [-0.15, -0.1) is 11.8 Å². The number of nitrogens with zero attached hydrogens (tertiary/aromatic N) is 3. The number of fused-ring (bicyclic) bond motifs is 1. The Kier molecular flexibility index (Phi) is 5.46. The van der Waals surface area contributed by atoms with Crippen LogP contribution < -0.4 is 16.6 Å². The monoisotopic (exact) mass is 384 g/mol. The summed E-state index contributed by atoms with van der Waals surface area (Å²) in [7, 11) is 2.94. The summed E-state index contributed by atoms with van der Waals surface area (Å²) in [5.41, 5.74) is 0.671. The van der Waals surface area contributed by atoms with Crippen LogP contribution in [0.2, 0.25) is 0 Å². The Morgan fingerprint density at radius 3 is 2.48 bits per heavy atom. The summed E-state index contributed by atoms with van der Waals surface area (Å²) in [6, 6.07) is 11.2. The molecule has 2 heterocycles. The molecular weight excluding hydrogens is 364 g/mol. The lowest BCUT2D eigenvalue weighted by Crippen LogP contribution is -2.37. The van der Waals surface area contributed by atoms with Crippen molar-refractivity contribution in [3.63, 3.8) is 0 Å². The lowest BCUT2D eigenvalue weighted by molar-refractivity contribution is 0.0951. The zero-order chi connectivity index (χ0) is 19.6. The second-order valence-electron chi connectivity index (χ2n) is 6.19. The SMILES string of the molecule is Cc1ccc(SCCNC(=O)c2ccc3c(=O)n(C)c(=O)n(C)c3n2)cc1. The minimum absolute atomic E-state index is 0.172. The van der Waals surface area contributed by atoms with Crippen LogP contribution in [0.4, 0.5) is 0 Å². The molecule has 140 valence electrons. The number of rotatable bonds is 5. The molecule has 0 bridgehead atoms. The molecule has 1 amide bonds. The van der Waals surface area contributed by atoms with E-state index < -0.39 is 11.2 Å². The highest BCUT2D eigenvalue weighted by molar-refractivity contribution is 7.99. The minimum atomic E-state index is -0.480. The number of benzene rings is 1. The molecule has 0 radical (unpaired) electrons. The molecule has 0 saturated heterocycles. The molecular formula is C19H20N4O3S. The molecule has 0 aliphatic rings. The molecule has 0 aliphatic heterocycles. The average Bonchev–Trinajstić information content (AvgIpc) is 2.68. The normalized spacial score (nSPS) is 10.9. The van der Waals surface area contributed by atoms with Gasteiger partial charge in [-0.2, -0.15) is 0 Å². The number of nitrogens with one attached hydrogen (secondary N) is 1. The highest BCUT2D eigenvalue weighted by atomic mass is 32.2. The van der Waals surface area contributed by atoms with E-state index in [4.69, 9.17) is 0 Å². The summed E-state index contributed by atoms with van der Waals surface area (Å²) >= 11 is 1.65. The maximum Gasteiger partial charge on any atom is 0.332 e. The van der Waals surface area contributed by atoms with Gasteiger partial charge in [0, 0.05) is 31.3 Å². The quantitative estimate of drug-likeness (QED) is 0.532. The molecule has 2 aromatic heterocycles. The Morgan fingerprint density at radius 2 is 1.78 bits per heavy atom. The van der Waals surface area contributed by atoms with E-state index in [2.05, 4.69) is 22.4 Å². The number of thioether (sulfide) groups is 1. The van der Waals surface area contributed by atoms with Crippen LogP contribution in [0.15, 0.2) is 50.9 Å². The van der Waals surface area contributed by atoms with E-state index in [0.717, 1.165) is 15.2 Å². The molecule has 0 spiro atoms. The van der Waals surface area contributed by atoms with Gasteiger partial charge in [0.1, 0.15) is 11.3 Å². The average molecular weight is 384 g/mol. The molecule has 7 nitrogen and oxygen atoms in total. The molecule has 27 heavy (non-hydrogen) atoms. The fourth-order valence-corrected chi connectivity index (χ4v) is 3.41. The van der Waals surface area contributed by atoms with Gasteiger partial charge < -0.3 is 5.32 Å². The second-order valence-corrected chi connectivity index (χ2v) is 7.36. The van der Waals surface area contributed by atoms with E-state index in [-0.39, 0.29) is 17.2 Å². The molecule has 0 aliphatic carbocycles. The van der Waals surface area contributed by atoms with Crippen molar-refractivity contribution in [2.75, 3.05) is 12.3 Å². The van der Waals surface area contributed by atoms with Gasteiger partial charge in [0.15, 0.2) is 0 Å². The summed E-state index contributed by atoms with van der Waals surface area (Å²) < 4.78 is 2.28. The Morgan fingerprint density at radius 1 is 1.07 bits per heavy atom. The second kappa shape index (κ2) is 7.79. The van der Waals surface area contributed by atoms with Gasteiger partial charge in [-0.05, 0) is 31.2 Å². The summed E-state index contributed by atoms with van der Waals surface area (Å²) in [6.07, 6.45) is 0.